The van der Waals surface area contributed by atoms with Crippen LogP contribution >= 0.6 is 0 Å². The van der Waals surface area contributed by atoms with E-state index in [9.17, 15) is 4.39 Å². The van der Waals surface area contributed by atoms with Gasteiger partial charge in [-0.2, -0.15) is 4.98 Å². The SMILES string of the molecule is CC1(C)OB(c2cc3c4c(c2)nc(-c2cc(F)c5oc(N)nc5c2)n4CCCCO3)OC1(C)C. The Kier molecular flexibility index (Phi) is 4.54. The summed E-state index contributed by atoms with van der Waals surface area (Å²) in [5.74, 6) is 0.819. The van der Waals surface area contributed by atoms with Crippen LogP contribution in [0, 0.1) is 5.82 Å². The van der Waals surface area contributed by atoms with Crippen LogP contribution in [0.5, 0.6) is 5.75 Å². The molecule has 0 aliphatic carbocycles. The van der Waals surface area contributed by atoms with Crippen LogP contribution in [0.15, 0.2) is 28.7 Å². The van der Waals surface area contributed by atoms with Gasteiger partial charge in [0.25, 0.3) is 6.01 Å². The lowest BCUT2D eigenvalue weighted by molar-refractivity contribution is 0.00578. The first-order valence-corrected chi connectivity index (χ1v) is 11.5. The van der Waals surface area contributed by atoms with Gasteiger partial charge >= 0.3 is 7.12 Å². The maximum atomic E-state index is 14.8. The van der Waals surface area contributed by atoms with Crippen molar-refractivity contribution in [1.29, 1.82) is 0 Å². The molecule has 4 aromatic rings. The molecule has 176 valence electrons. The quantitative estimate of drug-likeness (QED) is 0.447. The first kappa shape index (κ1) is 21.4. The van der Waals surface area contributed by atoms with Crippen molar-refractivity contribution in [2.24, 2.45) is 0 Å². The van der Waals surface area contributed by atoms with E-state index in [1.54, 1.807) is 6.07 Å². The third-order valence-electron chi connectivity index (χ3n) is 7.11. The van der Waals surface area contributed by atoms with Gasteiger partial charge in [-0.05, 0) is 70.3 Å². The summed E-state index contributed by atoms with van der Waals surface area (Å²) in [5, 5.41) is 0. The molecule has 10 heteroatoms. The van der Waals surface area contributed by atoms with Crippen LogP contribution in [0.4, 0.5) is 10.4 Å². The Morgan fingerprint density at radius 3 is 2.53 bits per heavy atom. The van der Waals surface area contributed by atoms with Crippen LogP contribution in [-0.2, 0) is 15.9 Å². The van der Waals surface area contributed by atoms with Crippen molar-refractivity contribution in [3.8, 4) is 17.1 Å². The summed E-state index contributed by atoms with van der Waals surface area (Å²) >= 11 is 0. The third-order valence-corrected chi connectivity index (χ3v) is 7.11. The normalized spacial score (nSPS) is 19.4. The summed E-state index contributed by atoms with van der Waals surface area (Å²) < 4.78 is 40.8. The van der Waals surface area contributed by atoms with E-state index in [2.05, 4.69) is 9.55 Å². The number of aryl methyl sites for hydroxylation is 1. The Hall–Kier alpha value is -3.11. The molecular weight excluding hydrogens is 438 g/mol. The number of benzene rings is 2. The monoisotopic (exact) mass is 464 g/mol. The number of hydrogen-bond acceptors (Lipinski definition) is 7. The molecule has 0 amide bonds. The number of hydrogen-bond donors (Lipinski definition) is 1. The number of anilines is 1. The number of nitrogens with two attached hydrogens (primary N) is 1. The van der Waals surface area contributed by atoms with E-state index in [0.29, 0.717) is 29.3 Å². The molecule has 4 heterocycles. The molecule has 1 saturated heterocycles. The number of imidazole rings is 1. The summed E-state index contributed by atoms with van der Waals surface area (Å²) in [6, 6.07) is 7.02. The van der Waals surface area contributed by atoms with Crippen LogP contribution in [0.3, 0.4) is 0 Å². The Bertz CT molecular complexity index is 1430. The van der Waals surface area contributed by atoms with Crippen molar-refractivity contribution in [2.45, 2.75) is 58.3 Å². The largest absolute Gasteiger partial charge is 0.495 e. The molecule has 0 spiro atoms. The molecule has 2 aliphatic heterocycles. The number of nitrogens with zero attached hydrogens (tertiary/aromatic N) is 3. The predicted octanol–water partition coefficient (Wildman–Crippen LogP) is 4.04. The lowest BCUT2D eigenvalue weighted by Gasteiger charge is -2.32. The molecule has 2 aliphatic rings. The highest BCUT2D eigenvalue weighted by Gasteiger charge is 2.52. The minimum atomic E-state index is -0.541. The van der Waals surface area contributed by atoms with E-state index in [0.717, 1.165) is 35.9 Å². The second-order valence-corrected chi connectivity index (χ2v) is 9.98. The van der Waals surface area contributed by atoms with E-state index in [-0.39, 0.29) is 11.6 Å². The smallest absolute Gasteiger partial charge is 0.491 e. The Labute approximate surface area is 196 Å². The number of oxazole rings is 1. The highest BCUT2D eigenvalue weighted by atomic mass is 19.1. The average Bonchev–Trinajstić information content (AvgIpc) is 3.36. The summed E-state index contributed by atoms with van der Waals surface area (Å²) in [6.07, 6.45) is 1.81. The van der Waals surface area contributed by atoms with Gasteiger partial charge in [0, 0.05) is 12.1 Å². The van der Waals surface area contributed by atoms with Crippen LogP contribution in [0.1, 0.15) is 40.5 Å². The van der Waals surface area contributed by atoms with Gasteiger partial charge in [0.1, 0.15) is 22.6 Å². The van der Waals surface area contributed by atoms with Gasteiger partial charge in [-0.3, -0.25) is 0 Å². The van der Waals surface area contributed by atoms with Crippen molar-refractivity contribution in [2.75, 3.05) is 12.3 Å². The van der Waals surface area contributed by atoms with Crippen molar-refractivity contribution in [3.63, 3.8) is 0 Å². The molecule has 0 saturated carbocycles. The van der Waals surface area contributed by atoms with Crippen LogP contribution < -0.4 is 15.9 Å². The van der Waals surface area contributed by atoms with E-state index in [4.69, 9.17) is 29.2 Å². The maximum absolute atomic E-state index is 14.8. The van der Waals surface area contributed by atoms with Crippen molar-refractivity contribution in [1.82, 2.24) is 14.5 Å². The maximum Gasteiger partial charge on any atom is 0.495 e. The highest BCUT2D eigenvalue weighted by Crippen LogP contribution is 2.38. The summed E-state index contributed by atoms with van der Waals surface area (Å²) in [4.78, 5) is 9.02. The average molecular weight is 464 g/mol. The van der Waals surface area contributed by atoms with Gasteiger partial charge in [0.2, 0.25) is 0 Å². The van der Waals surface area contributed by atoms with Gasteiger partial charge in [-0.25, -0.2) is 9.37 Å². The standard InChI is InChI=1S/C24H26BFN4O4/c1-23(2)24(3,4)34-25(33-23)14-11-16-19-18(12-14)31-8-6-5-7-30(19)21(28-16)13-9-15(26)20-17(10-13)29-22(27)32-20/h9-12H,5-8H2,1-4H3,(H2,27,29). The zero-order chi connectivity index (χ0) is 23.8. The molecule has 2 N–H and O–H groups in total. The molecule has 0 radical (unpaired) electrons. The molecule has 34 heavy (non-hydrogen) atoms. The molecule has 0 unspecified atom stereocenters. The Balaban J connectivity index is 1.53. The number of fused-ring (bicyclic) bond motifs is 1. The van der Waals surface area contributed by atoms with Crippen LogP contribution in [-0.4, -0.2) is 39.5 Å². The first-order chi connectivity index (χ1) is 16.1. The van der Waals surface area contributed by atoms with E-state index >= 15 is 0 Å². The first-order valence-electron chi connectivity index (χ1n) is 11.5. The number of halogens is 1. The summed E-state index contributed by atoms with van der Waals surface area (Å²) in [6.45, 7) is 9.44. The number of ether oxygens (including phenoxy) is 1. The molecule has 0 atom stereocenters. The molecule has 6 rings (SSSR count). The van der Waals surface area contributed by atoms with Crippen molar-refractivity contribution in [3.05, 3.63) is 30.1 Å². The molecule has 8 nitrogen and oxygen atoms in total. The number of rotatable bonds is 2. The lowest BCUT2D eigenvalue weighted by atomic mass is 9.78. The molecule has 2 aromatic heterocycles. The zero-order valence-corrected chi connectivity index (χ0v) is 19.6. The predicted molar refractivity (Wildman–Crippen MR) is 128 cm³/mol. The molecule has 0 bridgehead atoms. The number of nitrogen functional groups attached to an aromatic ring is 1. The fourth-order valence-electron chi connectivity index (χ4n) is 4.61. The zero-order valence-electron chi connectivity index (χ0n) is 19.6. The van der Waals surface area contributed by atoms with Crippen molar-refractivity contribution < 1.29 is 22.9 Å². The van der Waals surface area contributed by atoms with E-state index in [1.807, 2.05) is 39.8 Å². The fourth-order valence-corrected chi connectivity index (χ4v) is 4.61. The second kappa shape index (κ2) is 7.20. The highest BCUT2D eigenvalue weighted by molar-refractivity contribution is 6.62. The topological polar surface area (TPSA) is 97.6 Å². The van der Waals surface area contributed by atoms with Gasteiger partial charge in [0.05, 0.1) is 23.3 Å². The van der Waals surface area contributed by atoms with E-state index < -0.39 is 24.1 Å². The van der Waals surface area contributed by atoms with Crippen molar-refractivity contribution >= 4 is 40.7 Å². The van der Waals surface area contributed by atoms with Gasteiger partial charge in [-0.15, -0.1) is 0 Å². The fraction of sp³-hybridized carbons (Fsp3) is 0.417. The minimum Gasteiger partial charge on any atom is -0.491 e. The Morgan fingerprint density at radius 1 is 1.00 bits per heavy atom. The Morgan fingerprint density at radius 2 is 1.76 bits per heavy atom. The van der Waals surface area contributed by atoms with Gasteiger partial charge < -0.3 is 28.8 Å². The van der Waals surface area contributed by atoms with Gasteiger partial charge in [-0.1, -0.05) is 0 Å². The summed E-state index contributed by atoms with van der Waals surface area (Å²) in [5.41, 5.74) is 8.15. The van der Waals surface area contributed by atoms with Crippen LogP contribution in [0.25, 0.3) is 33.5 Å². The van der Waals surface area contributed by atoms with Crippen LogP contribution in [0.2, 0.25) is 0 Å². The van der Waals surface area contributed by atoms with E-state index in [1.165, 1.54) is 6.07 Å². The number of aromatic nitrogens is 3. The third kappa shape index (κ3) is 3.19. The van der Waals surface area contributed by atoms with Gasteiger partial charge in [0.15, 0.2) is 11.4 Å². The lowest BCUT2D eigenvalue weighted by Crippen LogP contribution is -2.41. The minimum absolute atomic E-state index is 0.0390. The summed E-state index contributed by atoms with van der Waals surface area (Å²) in [7, 11) is -0.541. The molecule has 2 aromatic carbocycles. The molecular formula is C24H26BFN4O4. The second-order valence-electron chi connectivity index (χ2n) is 9.98. The molecule has 1 fully saturated rings.